The van der Waals surface area contributed by atoms with E-state index in [1.54, 1.807) is 30.3 Å². The number of carbonyl (C=O) groups excluding carboxylic acids is 1. The molecule has 0 spiro atoms. The van der Waals surface area contributed by atoms with E-state index in [2.05, 4.69) is 20.6 Å². The van der Waals surface area contributed by atoms with Crippen molar-refractivity contribution in [3.8, 4) is 23.5 Å². The molecule has 1 amide bonds. The second-order valence-electron chi connectivity index (χ2n) is 5.75. The van der Waals surface area contributed by atoms with Crippen molar-refractivity contribution < 1.29 is 23.4 Å². The third-order valence-corrected chi connectivity index (χ3v) is 3.95. The minimum atomic E-state index is -0.644. The number of thiocarbonyl (C=S) groups is 1. The normalized spacial score (nSPS) is 10.1. The van der Waals surface area contributed by atoms with Gasteiger partial charge in [0.05, 0.1) is 25.8 Å². The summed E-state index contributed by atoms with van der Waals surface area (Å²) >= 11 is 5.10. The Hall–Kier alpha value is -3.79. The average molecular weight is 428 g/mol. The number of benzene rings is 2. The molecule has 0 bridgehead atoms. The fourth-order valence-corrected chi connectivity index (χ4v) is 2.54. The molecule has 30 heavy (non-hydrogen) atoms. The first-order chi connectivity index (χ1) is 14.5. The summed E-state index contributed by atoms with van der Waals surface area (Å²) in [4.78, 5) is 20.3. The highest BCUT2D eigenvalue weighted by Crippen LogP contribution is 2.24. The van der Waals surface area contributed by atoms with Crippen LogP contribution in [0, 0.1) is 5.82 Å². The summed E-state index contributed by atoms with van der Waals surface area (Å²) in [5, 5.41) is 5.29. The van der Waals surface area contributed by atoms with Crippen LogP contribution in [0.4, 0.5) is 10.1 Å². The number of carbonyl (C=O) groups is 1. The predicted molar refractivity (Wildman–Crippen MR) is 112 cm³/mol. The first kappa shape index (κ1) is 20.9. The first-order valence-corrected chi connectivity index (χ1v) is 9.01. The highest BCUT2D eigenvalue weighted by Gasteiger charge is 2.12. The summed E-state index contributed by atoms with van der Waals surface area (Å²) in [6, 6.07) is 13.9. The van der Waals surface area contributed by atoms with Crippen LogP contribution in [0.15, 0.2) is 54.6 Å². The van der Waals surface area contributed by atoms with Crippen LogP contribution in [0.1, 0.15) is 10.4 Å². The molecule has 10 heteroatoms. The van der Waals surface area contributed by atoms with E-state index in [0.717, 1.165) is 0 Å². The number of anilines is 1. The van der Waals surface area contributed by atoms with Gasteiger partial charge in [-0.25, -0.2) is 4.39 Å². The van der Waals surface area contributed by atoms with Crippen LogP contribution in [-0.2, 0) is 0 Å². The van der Waals surface area contributed by atoms with Gasteiger partial charge in [-0.05, 0) is 48.6 Å². The molecule has 154 valence electrons. The average Bonchev–Trinajstić information content (AvgIpc) is 2.75. The lowest BCUT2D eigenvalue weighted by Crippen LogP contribution is -2.34. The predicted octanol–water partition coefficient (Wildman–Crippen LogP) is 3.55. The molecule has 8 nitrogen and oxygen atoms in total. The molecule has 0 fully saturated rings. The Morgan fingerprint density at radius 1 is 1.00 bits per heavy atom. The molecule has 1 aromatic heterocycles. The summed E-state index contributed by atoms with van der Waals surface area (Å²) in [5.74, 6) is -0.223. The molecule has 0 unspecified atom stereocenters. The number of ether oxygens (including phenoxy) is 3. The van der Waals surface area contributed by atoms with Gasteiger partial charge in [-0.2, -0.15) is 9.97 Å². The highest BCUT2D eigenvalue weighted by atomic mass is 32.1. The van der Waals surface area contributed by atoms with Crippen LogP contribution < -0.4 is 24.8 Å². The molecule has 0 aliphatic carbocycles. The number of nitrogens with zero attached hydrogens (tertiary/aromatic N) is 2. The number of amides is 1. The topological polar surface area (TPSA) is 94.6 Å². The molecular formula is C20H17FN4O4S. The monoisotopic (exact) mass is 428 g/mol. The molecule has 0 aliphatic heterocycles. The van der Waals surface area contributed by atoms with Crippen molar-refractivity contribution in [3.63, 3.8) is 0 Å². The molecule has 2 aromatic carbocycles. The lowest BCUT2D eigenvalue weighted by molar-refractivity contribution is 0.0974. The van der Waals surface area contributed by atoms with Crippen molar-refractivity contribution in [1.29, 1.82) is 0 Å². The minimum Gasteiger partial charge on any atom is -0.481 e. The van der Waals surface area contributed by atoms with Crippen molar-refractivity contribution in [2.24, 2.45) is 0 Å². The van der Waals surface area contributed by atoms with Crippen molar-refractivity contribution >= 4 is 28.9 Å². The second kappa shape index (κ2) is 9.61. The Labute approximate surface area is 177 Å². The molecule has 0 radical (unpaired) electrons. The lowest BCUT2D eigenvalue weighted by atomic mass is 10.2. The molecule has 2 N–H and O–H groups in total. The summed E-state index contributed by atoms with van der Waals surface area (Å²) in [5.41, 5.74) is 0.490. The van der Waals surface area contributed by atoms with Crippen molar-refractivity contribution in [2.45, 2.75) is 0 Å². The fraction of sp³-hybridized carbons (Fsp3) is 0.100. The zero-order valence-electron chi connectivity index (χ0n) is 16.0. The quantitative estimate of drug-likeness (QED) is 0.576. The van der Waals surface area contributed by atoms with Crippen LogP contribution in [0.5, 0.6) is 23.5 Å². The van der Waals surface area contributed by atoms with Crippen LogP contribution in [-0.4, -0.2) is 35.2 Å². The van der Waals surface area contributed by atoms with Gasteiger partial charge in [-0.1, -0.05) is 12.1 Å². The largest absolute Gasteiger partial charge is 0.481 e. The number of rotatable bonds is 6. The van der Waals surface area contributed by atoms with E-state index in [1.807, 2.05) is 0 Å². The molecule has 0 aliphatic rings. The summed E-state index contributed by atoms with van der Waals surface area (Å²) in [6.07, 6.45) is 0. The Bertz CT molecular complexity index is 1040. The Morgan fingerprint density at radius 3 is 2.23 bits per heavy atom. The van der Waals surface area contributed by atoms with Gasteiger partial charge in [0, 0.05) is 5.69 Å². The van der Waals surface area contributed by atoms with Crippen LogP contribution in [0.3, 0.4) is 0 Å². The summed E-state index contributed by atoms with van der Waals surface area (Å²) < 4.78 is 29.4. The maximum atomic E-state index is 13.7. The molecule has 0 saturated carbocycles. The van der Waals surface area contributed by atoms with Crippen LogP contribution in [0.25, 0.3) is 0 Å². The van der Waals surface area contributed by atoms with E-state index in [0.29, 0.717) is 23.2 Å². The van der Waals surface area contributed by atoms with Gasteiger partial charge in [-0.15, -0.1) is 0 Å². The first-order valence-electron chi connectivity index (χ1n) is 8.60. The molecular weight excluding hydrogens is 411 g/mol. The fourth-order valence-electron chi connectivity index (χ4n) is 2.33. The van der Waals surface area contributed by atoms with E-state index in [4.69, 9.17) is 26.4 Å². The summed E-state index contributed by atoms with van der Waals surface area (Å²) in [7, 11) is 2.94. The van der Waals surface area contributed by atoms with Crippen LogP contribution >= 0.6 is 12.2 Å². The van der Waals surface area contributed by atoms with Gasteiger partial charge in [0.25, 0.3) is 5.91 Å². The highest BCUT2D eigenvalue weighted by molar-refractivity contribution is 7.80. The van der Waals surface area contributed by atoms with Gasteiger partial charge in [-0.3, -0.25) is 10.1 Å². The van der Waals surface area contributed by atoms with Crippen molar-refractivity contribution in [2.75, 3.05) is 19.5 Å². The maximum absolute atomic E-state index is 13.7. The molecule has 3 aromatic rings. The van der Waals surface area contributed by atoms with E-state index in [1.165, 1.54) is 38.5 Å². The number of halogens is 1. The zero-order chi connectivity index (χ0) is 21.5. The number of methoxy groups -OCH3 is 2. The molecule has 3 rings (SSSR count). The number of hydrogen-bond acceptors (Lipinski definition) is 7. The van der Waals surface area contributed by atoms with Gasteiger partial charge < -0.3 is 19.5 Å². The molecule has 0 atom stereocenters. The Morgan fingerprint density at radius 2 is 1.63 bits per heavy atom. The summed E-state index contributed by atoms with van der Waals surface area (Å²) in [6.45, 7) is 0. The van der Waals surface area contributed by atoms with E-state index < -0.39 is 11.7 Å². The standard InChI is InChI=1S/C20H17FN4O4S/c1-27-16-11-17(28-2)24-19(23-16)29-13-9-7-12(8-10-13)22-20(30)25-18(26)14-5-3-4-6-15(14)21/h3-11H,1-2H3,(H2,22,25,26,30). The van der Waals surface area contributed by atoms with Crippen LogP contribution in [0.2, 0.25) is 0 Å². The third kappa shape index (κ3) is 5.39. The van der Waals surface area contributed by atoms with E-state index in [-0.39, 0.29) is 16.7 Å². The van der Waals surface area contributed by atoms with E-state index >= 15 is 0 Å². The van der Waals surface area contributed by atoms with Gasteiger partial charge in [0.2, 0.25) is 11.8 Å². The molecule has 0 saturated heterocycles. The number of nitrogens with one attached hydrogen (secondary N) is 2. The van der Waals surface area contributed by atoms with Crippen molar-refractivity contribution in [3.05, 3.63) is 66.0 Å². The maximum Gasteiger partial charge on any atom is 0.328 e. The Balaban J connectivity index is 1.61. The van der Waals surface area contributed by atoms with E-state index in [9.17, 15) is 9.18 Å². The van der Waals surface area contributed by atoms with Gasteiger partial charge in [0.1, 0.15) is 11.6 Å². The molecule has 1 heterocycles. The minimum absolute atomic E-state index is 0.0257. The van der Waals surface area contributed by atoms with Crippen molar-refractivity contribution in [1.82, 2.24) is 15.3 Å². The number of hydrogen-bond donors (Lipinski definition) is 2. The lowest BCUT2D eigenvalue weighted by Gasteiger charge is -2.11. The second-order valence-corrected chi connectivity index (χ2v) is 6.16. The SMILES string of the molecule is COc1cc(OC)nc(Oc2ccc(NC(=S)NC(=O)c3ccccc3F)cc2)n1. The zero-order valence-corrected chi connectivity index (χ0v) is 16.8. The van der Waals surface area contributed by atoms with Gasteiger partial charge >= 0.3 is 6.01 Å². The third-order valence-electron chi connectivity index (χ3n) is 3.74. The number of aromatic nitrogens is 2. The smallest absolute Gasteiger partial charge is 0.328 e. The van der Waals surface area contributed by atoms with Gasteiger partial charge in [0.15, 0.2) is 5.11 Å². The Kier molecular flexibility index (Phi) is 6.71.